The van der Waals surface area contributed by atoms with Gasteiger partial charge < -0.3 is 4.74 Å². The molecular weight excluding hydrogens is 350 g/mol. The first-order valence-corrected chi connectivity index (χ1v) is 10.4. The van der Waals surface area contributed by atoms with Crippen molar-refractivity contribution in [3.63, 3.8) is 0 Å². The maximum atomic E-state index is 12.0. The van der Waals surface area contributed by atoms with Gasteiger partial charge in [-0.15, -0.1) is 0 Å². The average Bonchev–Trinajstić information content (AvgIpc) is 2.67. The van der Waals surface area contributed by atoms with Crippen molar-refractivity contribution in [3.05, 3.63) is 48.0 Å². The molecule has 2 aromatic rings. The molecule has 0 atom stereocenters. The van der Waals surface area contributed by atoms with E-state index in [0.29, 0.717) is 24.3 Å². The normalized spacial score (nSPS) is 11.8. The van der Waals surface area contributed by atoms with E-state index in [-0.39, 0.29) is 11.8 Å². The van der Waals surface area contributed by atoms with Crippen molar-refractivity contribution in [3.8, 4) is 11.6 Å². The van der Waals surface area contributed by atoms with Gasteiger partial charge >= 0.3 is 0 Å². The molecule has 1 aromatic carbocycles. The van der Waals surface area contributed by atoms with E-state index < -0.39 is 0 Å². The number of benzene rings is 1. The topological polar surface area (TPSA) is 56.5 Å². The second-order valence-electron chi connectivity index (χ2n) is 7.52. The van der Waals surface area contributed by atoms with E-state index in [9.17, 15) is 4.79 Å². The molecule has 5 nitrogen and oxygen atoms in total. The summed E-state index contributed by atoms with van der Waals surface area (Å²) in [4.78, 5) is 16.2. The van der Waals surface area contributed by atoms with Crippen LogP contribution in [0.2, 0.25) is 0 Å². The number of nitrogens with zero attached hydrogens (tertiary/aromatic N) is 3. The van der Waals surface area contributed by atoms with Gasteiger partial charge in [-0.1, -0.05) is 71.1 Å². The minimum atomic E-state index is -0.129. The van der Waals surface area contributed by atoms with E-state index in [0.717, 1.165) is 18.5 Å². The van der Waals surface area contributed by atoms with Crippen LogP contribution in [0.1, 0.15) is 65.7 Å². The van der Waals surface area contributed by atoms with E-state index in [2.05, 4.69) is 17.0 Å². The number of rotatable bonds is 11. The number of carbonyl (C=O) groups is 1. The molecule has 1 aromatic heterocycles. The number of ether oxygens (including phenoxy) is 1. The van der Waals surface area contributed by atoms with Crippen molar-refractivity contribution < 1.29 is 9.53 Å². The fourth-order valence-electron chi connectivity index (χ4n) is 2.92. The molecule has 1 heterocycles. The fraction of sp³-hybridized carbons (Fsp3) is 0.522. The molecule has 0 unspecified atom stereocenters. The lowest BCUT2D eigenvalue weighted by molar-refractivity contribution is -0.118. The average molecular weight is 384 g/mol. The predicted molar refractivity (Wildman–Crippen MR) is 112 cm³/mol. The summed E-state index contributed by atoms with van der Waals surface area (Å²) < 4.78 is 7.78. The van der Waals surface area contributed by atoms with Crippen molar-refractivity contribution >= 4 is 5.91 Å². The van der Waals surface area contributed by atoms with E-state index >= 15 is 0 Å². The van der Waals surface area contributed by atoms with Gasteiger partial charge in [0.05, 0.1) is 23.8 Å². The zero-order chi connectivity index (χ0) is 20.2. The Morgan fingerprint density at radius 3 is 2.54 bits per heavy atom. The van der Waals surface area contributed by atoms with Gasteiger partial charge in [0, 0.05) is 12.5 Å². The highest BCUT2D eigenvalue weighted by Crippen LogP contribution is 2.15. The lowest BCUT2D eigenvalue weighted by Crippen LogP contribution is -2.16. The van der Waals surface area contributed by atoms with Crippen LogP contribution in [0.4, 0.5) is 0 Å². The third kappa shape index (κ3) is 7.67. The molecule has 0 aliphatic heterocycles. The summed E-state index contributed by atoms with van der Waals surface area (Å²) in [6.45, 7) is 6.87. The van der Waals surface area contributed by atoms with E-state index in [1.54, 1.807) is 16.9 Å². The molecule has 0 fully saturated rings. The number of amides is 1. The Hall–Kier alpha value is -2.43. The van der Waals surface area contributed by atoms with Gasteiger partial charge in [-0.2, -0.15) is 5.10 Å². The van der Waals surface area contributed by atoms with Crippen molar-refractivity contribution in [1.29, 1.82) is 0 Å². The van der Waals surface area contributed by atoms with E-state index in [1.165, 1.54) is 25.7 Å². The monoisotopic (exact) mass is 383 g/mol. The number of para-hydroxylation sites is 1. The van der Waals surface area contributed by atoms with Gasteiger partial charge in [0.25, 0.3) is 0 Å². The first-order chi connectivity index (χ1) is 13.6. The Bertz CT molecular complexity index is 782. The van der Waals surface area contributed by atoms with Crippen LogP contribution in [0.15, 0.2) is 47.6 Å². The highest BCUT2D eigenvalue weighted by atomic mass is 16.5. The zero-order valence-corrected chi connectivity index (χ0v) is 17.4. The Balaban J connectivity index is 2.12. The molecule has 5 heteroatoms. The number of unbranched alkanes of at least 4 members (excludes halogenated alkanes) is 5. The molecule has 0 aliphatic rings. The molecule has 0 aliphatic carbocycles. The largest absolute Gasteiger partial charge is 0.478 e. The standard InChI is InChI=1S/C23H33N3O2/c1-4-5-6-7-8-12-15-28-23-17-20(25-22(27)16-19(2)3)18-24-26(23)21-13-10-9-11-14-21/h9-11,13-14,17-19H,4-8,12,15-16H2,1-3H3/b25-20-. The Morgan fingerprint density at radius 1 is 1.11 bits per heavy atom. The highest BCUT2D eigenvalue weighted by molar-refractivity contribution is 5.77. The number of hydrogen-bond donors (Lipinski definition) is 0. The summed E-state index contributed by atoms with van der Waals surface area (Å²) in [5.74, 6) is 0.764. The summed E-state index contributed by atoms with van der Waals surface area (Å²) >= 11 is 0. The highest BCUT2D eigenvalue weighted by Gasteiger charge is 2.07. The minimum Gasteiger partial charge on any atom is -0.478 e. The summed E-state index contributed by atoms with van der Waals surface area (Å²) in [6.07, 6.45) is 9.30. The first kappa shape index (κ1) is 21.9. The van der Waals surface area contributed by atoms with Gasteiger partial charge in [0.2, 0.25) is 11.8 Å². The second-order valence-corrected chi connectivity index (χ2v) is 7.52. The first-order valence-electron chi connectivity index (χ1n) is 10.4. The van der Waals surface area contributed by atoms with Crippen LogP contribution < -0.4 is 10.1 Å². The third-order valence-electron chi connectivity index (χ3n) is 4.37. The molecule has 2 rings (SSSR count). The van der Waals surface area contributed by atoms with Gasteiger partial charge in [-0.3, -0.25) is 4.79 Å². The van der Waals surface area contributed by atoms with E-state index in [1.807, 2.05) is 44.2 Å². The number of aromatic nitrogens is 2. The quantitative estimate of drug-likeness (QED) is 0.508. The SMILES string of the molecule is CCCCCCCCOc1c/c(=N/C(=O)CC(C)C)cnn1-c1ccccc1. The third-order valence-corrected chi connectivity index (χ3v) is 4.37. The van der Waals surface area contributed by atoms with Crippen LogP contribution in [0.5, 0.6) is 5.88 Å². The molecule has 1 amide bonds. The molecule has 0 saturated carbocycles. The molecular formula is C23H33N3O2. The van der Waals surface area contributed by atoms with Gasteiger partial charge in [0.15, 0.2) is 0 Å². The lowest BCUT2D eigenvalue weighted by atomic mass is 10.1. The predicted octanol–water partition coefficient (Wildman–Crippen LogP) is 5.09. The second kappa shape index (κ2) is 12.1. The summed E-state index contributed by atoms with van der Waals surface area (Å²) in [5.41, 5.74) is 0.917. The molecule has 0 radical (unpaired) electrons. The van der Waals surface area contributed by atoms with Crippen molar-refractivity contribution in [2.75, 3.05) is 6.61 Å². The Morgan fingerprint density at radius 2 is 1.82 bits per heavy atom. The van der Waals surface area contributed by atoms with Gasteiger partial charge in [-0.25, -0.2) is 9.67 Å². The molecule has 0 saturated heterocycles. The van der Waals surface area contributed by atoms with Crippen molar-refractivity contribution in [2.24, 2.45) is 10.9 Å². The Kier molecular flexibility index (Phi) is 9.46. The van der Waals surface area contributed by atoms with Crippen molar-refractivity contribution in [1.82, 2.24) is 9.78 Å². The maximum Gasteiger partial charge on any atom is 0.246 e. The van der Waals surface area contributed by atoms with Crippen LogP contribution in [-0.4, -0.2) is 22.3 Å². The van der Waals surface area contributed by atoms with E-state index in [4.69, 9.17) is 4.74 Å². The molecule has 28 heavy (non-hydrogen) atoms. The maximum absolute atomic E-state index is 12.0. The van der Waals surface area contributed by atoms with Crippen LogP contribution >= 0.6 is 0 Å². The summed E-state index contributed by atoms with van der Waals surface area (Å²) in [5, 5.41) is 5.00. The van der Waals surface area contributed by atoms with Crippen LogP contribution in [0.3, 0.4) is 0 Å². The summed E-state index contributed by atoms with van der Waals surface area (Å²) in [6, 6.07) is 11.7. The molecule has 0 N–H and O–H groups in total. The minimum absolute atomic E-state index is 0.129. The number of hydrogen-bond acceptors (Lipinski definition) is 3. The van der Waals surface area contributed by atoms with Crippen LogP contribution in [-0.2, 0) is 4.79 Å². The molecule has 0 bridgehead atoms. The van der Waals surface area contributed by atoms with Gasteiger partial charge in [-0.05, 0) is 24.5 Å². The van der Waals surface area contributed by atoms with Crippen molar-refractivity contribution in [2.45, 2.75) is 65.7 Å². The summed E-state index contributed by atoms with van der Waals surface area (Å²) in [7, 11) is 0. The van der Waals surface area contributed by atoms with Crippen LogP contribution in [0, 0.1) is 5.92 Å². The fourth-order valence-corrected chi connectivity index (χ4v) is 2.92. The molecule has 0 spiro atoms. The zero-order valence-electron chi connectivity index (χ0n) is 17.4. The molecule has 152 valence electrons. The Labute approximate surface area is 168 Å². The van der Waals surface area contributed by atoms with Gasteiger partial charge in [0.1, 0.15) is 0 Å². The smallest absolute Gasteiger partial charge is 0.246 e. The number of carbonyl (C=O) groups excluding carboxylic acids is 1. The van der Waals surface area contributed by atoms with Crippen LogP contribution in [0.25, 0.3) is 5.69 Å². The lowest BCUT2D eigenvalue weighted by Gasteiger charge is -2.13.